The molecule has 2 aromatic carbocycles. The lowest BCUT2D eigenvalue weighted by Crippen LogP contribution is -2.64. The van der Waals surface area contributed by atoms with Crippen LogP contribution in [0, 0.1) is 19.3 Å². The fraction of sp³-hybridized carbons (Fsp3) is 0.581. The van der Waals surface area contributed by atoms with Crippen molar-refractivity contribution in [3.05, 3.63) is 52.9 Å². The van der Waals surface area contributed by atoms with Crippen LogP contribution in [0.1, 0.15) is 97.2 Å². The number of halogens is 1. The molecule has 2 aliphatic heterocycles. The van der Waals surface area contributed by atoms with Crippen molar-refractivity contribution in [3.63, 3.8) is 0 Å². The third-order valence-corrected chi connectivity index (χ3v) is 17.7. The van der Waals surface area contributed by atoms with E-state index in [1.165, 1.54) is 0 Å². The predicted molar refractivity (Wildman–Crippen MR) is 225 cm³/mol. The van der Waals surface area contributed by atoms with E-state index in [0.717, 1.165) is 94.2 Å². The Morgan fingerprint density at radius 1 is 1.02 bits per heavy atom. The number of aromatic nitrogens is 6. The number of carbonyl (C=O) groups is 1. The standard InChI is InChI=1S/C43H58ClN7O4Si/c1-27-19-34-32(23-45-51(34)35-13-11-12-17-53-35)37(38(27)44)36-28(2)50(31-21-43(22-31)25-48(26-43)40(52)55-41(3,4)5)47-39(36)29-14-15-33-30(20-29)24-49(46-33)16-18-54-56(9,10)42(6,7)8/h14-15,19-20,23-24,31,35H,11-13,16-18,21-22,25-26H2,1-10H3. The molecule has 1 amide bonds. The van der Waals surface area contributed by atoms with Gasteiger partial charge in [-0.05, 0) is 109 Å². The zero-order valence-electron chi connectivity index (χ0n) is 34.8. The average Bonchev–Trinajstić information content (AvgIpc) is 3.78. The van der Waals surface area contributed by atoms with Crippen molar-refractivity contribution in [2.75, 3.05) is 26.3 Å². The molecule has 3 aromatic heterocycles. The Labute approximate surface area is 336 Å². The number of carbonyl (C=O) groups excluding carboxylic acids is 1. The minimum absolute atomic E-state index is 0.0947. The van der Waals surface area contributed by atoms with Gasteiger partial charge in [0.1, 0.15) is 11.3 Å². The number of fused-ring (bicyclic) bond motifs is 2. The number of nitrogens with zero attached hydrogens (tertiary/aromatic N) is 7. The van der Waals surface area contributed by atoms with E-state index in [-0.39, 0.29) is 28.8 Å². The number of ether oxygens (including phenoxy) is 2. The molecule has 5 heterocycles. The SMILES string of the molecule is Cc1cc2c(cnn2C2CCCCO2)c(-c2c(-c3ccc4nn(CCO[Si](C)(C)C(C)(C)C)cc4c3)nn(C3CC4(C3)CN(C(=O)OC(C)(C)C)C4)c2C)c1Cl. The summed E-state index contributed by atoms with van der Waals surface area (Å²) in [5.74, 6) is 0. The molecule has 5 aromatic rings. The zero-order valence-corrected chi connectivity index (χ0v) is 36.6. The summed E-state index contributed by atoms with van der Waals surface area (Å²) in [5, 5.41) is 18.2. The van der Waals surface area contributed by atoms with Crippen molar-refractivity contribution in [3.8, 4) is 22.4 Å². The highest BCUT2D eigenvalue weighted by Gasteiger charge is 2.55. The van der Waals surface area contributed by atoms with E-state index in [4.69, 9.17) is 40.8 Å². The van der Waals surface area contributed by atoms with Crippen LogP contribution in [0.2, 0.25) is 23.2 Å². The molecular formula is C43H58ClN7O4Si. The number of benzene rings is 2. The van der Waals surface area contributed by atoms with Crippen LogP contribution >= 0.6 is 11.6 Å². The van der Waals surface area contributed by atoms with Crippen molar-refractivity contribution >= 4 is 47.8 Å². The van der Waals surface area contributed by atoms with E-state index in [1.807, 2.05) is 41.2 Å². The number of aryl methyl sites for hydroxylation is 1. The molecule has 8 rings (SSSR count). The van der Waals surface area contributed by atoms with Crippen LogP contribution in [0.15, 0.2) is 36.7 Å². The molecule has 0 radical (unpaired) electrons. The largest absolute Gasteiger partial charge is 0.444 e. The quantitative estimate of drug-likeness (QED) is 0.144. The molecule has 1 unspecified atom stereocenters. The van der Waals surface area contributed by atoms with Gasteiger partial charge in [-0.25, -0.2) is 9.48 Å². The summed E-state index contributed by atoms with van der Waals surface area (Å²) in [6.45, 7) is 24.8. The molecular weight excluding hydrogens is 742 g/mol. The summed E-state index contributed by atoms with van der Waals surface area (Å²) in [4.78, 5) is 14.6. The molecule has 11 nitrogen and oxygen atoms in total. The van der Waals surface area contributed by atoms with Crippen LogP contribution in [-0.4, -0.2) is 80.6 Å². The lowest BCUT2D eigenvalue weighted by atomic mass is 9.61. The second-order valence-corrected chi connectivity index (χ2v) is 24.3. The highest BCUT2D eigenvalue weighted by atomic mass is 35.5. The summed E-state index contributed by atoms with van der Waals surface area (Å²) in [5.41, 5.74) is 7.46. The van der Waals surface area contributed by atoms with Gasteiger partial charge in [-0.3, -0.25) is 9.36 Å². The number of hydrogen-bond donors (Lipinski definition) is 0. The van der Waals surface area contributed by atoms with E-state index < -0.39 is 13.9 Å². The van der Waals surface area contributed by atoms with Crippen molar-refractivity contribution in [2.24, 2.45) is 5.41 Å². The monoisotopic (exact) mass is 799 g/mol. The maximum atomic E-state index is 12.8. The van der Waals surface area contributed by atoms with Gasteiger partial charge in [-0.1, -0.05) is 38.4 Å². The Hall–Kier alpha value is -3.71. The fourth-order valence-electron chi connectivity index (χ4n) is 8.60. The van der Waals surface area contributed by atoms with Crippen molar-refractivity contribution < 1.29 is 18.7 Å². The minimum atomic E-state index is -1.86. The third-order valence-electron chi connectivity index (χ3n) is 12.7. The first kappa shape index (κ1) is 39.1. The van der Waals surface area contributed by atoms with Gasteiger partial charge in [-0.2, -0.15) is 15.3 Å². The van der Waals surface area contributed by atoms with Crippen molar-refractivity contribution in [1.29, 1.82) is 0 Å². The Morgan fingerprint density at radius 2 is 1.77 bits per heavy atom. The van der Waals surface area contributed by atoms with Crippen molar-refractivity contribution in [2.45, 2.75) is 130 Å². The number of hydrogen-bond acceptors (Lipinski definition) is 7. The van der Waals surface area contributed by atoms with E-state index >= 15 is 0 Å². The normalized spacial score (nSPS) is 19.2. The van der Waals surface area contributed by atoms with Crippen molar-refractivity contribution in [1.82, 2.24) is 34.2 Å². The second-order valence-electron chi connectivity index (χ2n) is 19.2. The van der Waals surface area contributed by atoms with Crippen LogP contribution in [0.4, 0.5) is 4.79 Å². The molecule has 3 fully saturated rings. The smallest absolute Gasteiger partial charge is 0.410 e. The van der Waals surface area contributed by atoms with Gasteiger partial charge in [-0.15, -0.1) is 0 Å². The van der Waals surface area contributed by atoms with Crippen LogP contribution in [0.5, 0.6) is 0 Å². The highest BCUT2D eigenvalue weighted by Crippen LogP contribution is 2.56. The van der Waals surface area contributed by atoms with Crippen LogP contribution in [0.3, 0.4) is 0 Å². The molecule has 3 aliphatic rings. The van der Waals surface area contributed by atoms with Crippen LogP contribution < -0.4 is 0 Å². The lowest BCUT2D eigenvalue weighted by Gasteiger charge is -2.58. The Morgan fingerprint density at radius 3 is 2.45 bits per heavy atom. The molecule has 2 saturated heterocycles. The van der Waals surface area contributed by atoms with Gasteiger partial charge in [0, 0.05) is 64.5 Å². The number of amides is 1. The Kier molecular flexibility index (Phi) is 9.77. The molecule has 1 saturated carbocycles. The van der Waals surface area contributed by atoms with E-state index in [9.17, 15) is 4.79 Å². The first-order chi connectivity index (χ1) is 26.3. The topological polar surface area (TPSA) is 101 Å². The summed E-state index contributed by atoms with van der Waals surface area (Å²) < 4.78 is 24.6. The van der Waals surface area contributed by atoms with Crippen LogP contribution in [-0.2, 0) is 20.4 Å². The molecule has 13 heteroatoms. The second kappa shape index (κ2) is 14.0. The Balaban J connectivity index is 1.15. The van der Waals surface area contributed by atoms with Gasteiger partial charge in [0.15, 0.2) is 14.5 Å². The number of rotatable bonds is 8. The number of likely N-dealkylation sites (tertiary alicyclic amines) is 1. The molecule has 0 bridgehead atoms. The average molecular weight is 801 g/mol. The van der Waals surface area contributed by atoms with Gasteiger partial charge < -0.3 is 18.8 Å². The van der Waals surface area contributed by atoms with Crippen LogP contribution in [0.25, 0.3) is 44.2 Å². The maximum Gasteiger partial charge on any atom is 0.410 e. The van der Waals surface area contributed by atoms with Gasteiger partial charge >= 0.3 is 6.09 Å². The minimum Gasteiger partial charge on any atom is -0.444 e. The summed E-state index contributed by atoms with van der Waals surface area (Å²) in [6.07, 6.45) is 8.75. The third kappa shape index (κ3) is 7.09. The fourth-order valence-corrected chi connectivity index (χ4v) is 9.88. The molecule has 1 aliphatic carbocycles. The van der Waals surface area contributed by atoms with Gasteiger partial charge in [0.05, 0.1) is 41.4 Å². The predicted octanol–water partition coefficient (Wildman–Crippen LogP) is 10.5. The van der Waals surface area contributed by atoms with E-state index in [1.54, 1.807) is 0 Å². The first-order valence-electron chi connectivity index (χ1n) is 20.3. The molecule has 300 valence electrons. The summed E-state index contributed by atoms with van der Waals surface area (Å²) >= 11 is 7.37. The highest BCUT2D eigenvalue weighted by molar-refractivity contribution is 6.74. The molecule has 1 atom stereocenters. The lowest BCUT2D eigenvalue weighted by molar-refractivity contribution is -0.0930. The van der Waals surface area contributed by atoms with E-state index in [2.05, 4.69) is 82.9 Å². The summed E-state index contributed by atoms with van der Waals surface area (Å²) in [6, 6.07) is 8.78. The molecule has 1 spiro atoms. The van der Waals surface area contributed by atoms with E-state index in [0.29, 0.717) is 31.3 Å². The maximum absolute atomic E-state index is 12.8. The zero-order chi connectivity index (χ0) is 39.9. The van der Waals surface area contributed by atoms with Gasteiger partial charge in [0.2, 0.25) is 0 Å². The van der Waals surface area contributed by atoms with Gasteiger partial charge in [0.25, 0.3) is 0 Å². The Bertz CT molecular complexity index is 2290. The first-order valence-corrected chi connectivity index (χ1v) is 23.6. The molecule has 0 N–H and O–H groups in total. The molecule has 56 heavy (non-hydrogen) atoms. The summed E-state index contributed by atoms with van der Waals surface area (Å²) in [7, 11) is -1.86.